The van der Waals surface area contributed by atoms with Gasteiger partial charge in [-0.25, -0.2) is 0 Å². The lowest BCUT2D eigenvalue weighted by molar-refractivity contribution is 0.762. The lowest BCUT2D eigenvalue weighted by Crippen LogP contribution is -2.08. The van der Waals surface area contributed by atoms with E-state index < -0.39 is 0 Å². The Labute approximate surface area is 105 Å². The molecule has 1 saturated heterocycles. The fourth-order valence-corrected chi connectivity index (χ4v) is 1.96. The van der Waals surface area contributed by atoms with Gasteiger partial charge in [-0.1, -0.05) is 24.8 Å². The van der Waals surface area contributed by atoms with Crippen molar-refractivity contribution in [3.63, 3.8) is 0 Å². The van der Waals surface area contributed by atoms with Crippen LogP contribution in [0.15, 0.2) is 31.0 Å². The van der Waals surface area contributed by atoms with E-state index in [1.165, 1.54) is 29.7 Å². The third kappa shape index (κ3) is 4.23. The third-order valence-electron chi connectivity index (χ3n) is 3.27. The first-order valence-electron chi connectivity index (χ1n) is 6.25. The monoisotopic (exact) mass is 232 g/mol. The van der Waals surface area contributed by atoms with Gasteiger partial charge in [0.15, 0.2) is 0 Å². The first-order chi connectivity index (χ1) is 8.19. The predicted molar refractivity (Wildman–Crippen MR) is 75.4 cm³/mol. The van der Waals surface area contributed by atoms with Crippen LogP contribution in [0, 0.1) is 13.8 Å². The Bertz CT molecular complexity index is 352. The molecular formula is C15H24N2. The Balaban J connectivity index is 0.000000317. The van der Waals surface area contributed by atoms with E-state index in [2.05, 4.69) is 49.3 Å². The second-order valence-corrected chi connectivity index (χ2v) is 4.53. The maximum atomic E-state index is 3.40. The van der Waals surface area contributed by atoms with Gasteiger partial charge >= 0.3 is 0 Å². The summed E-state index contributed by atoms with van der Waals surface area (Å²) in [4.78, 5) is 0. The predicted octanol–water partition coefficient (Wildman–Crippen LogP) is 2.73. The number of nitrogens with one attached hydrogen (secondary N) is 2. The summed E-state index contributed by atoms with van der Waals surface area (Å²) < 4.78 is 0. The van der Waals surface area contributed by atoms with E-state index in [4.69, 9.17) is 0 Å². The van der Waals surface area contributed by atoms with Crippen LogP contribution in [0.5, 0.6) is 0 Å². The maximum Gasteiger partial charge on any atom is 0.00275 e. The molecule has 0 aromatic heterocycles. The summed E-state index contributed by atoms with van der Waals surface area (Å²) >= 11 is 0. The van der Waals surface area contributed by atoms with Crippen molar-refractivity contribution >= 4 is 0 Å². The van der Waals surface area contributed by atoms with Crippen molar-refractivity contribution in [1.82, 2.24) is 10.6 Å². The normalized spacial score (nSPS) is 18.2. The fraction of sp³-hybridized carbons (Fsp3) is 0.467. The number of hydrogen-bond donors (Lipinski definition) is 2. The minimum absolute atomic E-state index is 0.749. The highest BCUT2D eigenvalue weighted by atomic mass is 14.9. The average Bonchev–Trinajstić information content (AvgIpc) is 2.87. The van der Waals surface area contributed by atoms with Gasteiger partial charge in [-0.2, -0.15) is 0 Å². The van der Waals surface area contributed by atoms with E-state index in [1.807, 2.05) is 7.05 Å². The van der Waals surface area contributed by atoms with Crippen LogP contribution in [-0.4, -0.2) is 20.1 Å². The SMILES string of the molecule is C=CNC.Cc1ccc(C2CCNC2)cc1C. The van der Waals surface area contributed by atoms with E-state index in [0.717, 1.165) is 12.5 Å². The van der Waals surface area contributed by atoms with Gasteiger partial charge in [0.05, 0.1) is 0 Å². The molecule has 17 heavy (non-hydrogen) atoms. The largest absolute Gasteiger partial charge is 0.394 e. The smallest absolute Gasteiger partial charge is 0.00275 e. The summed E-state index contributed by atoms with van der Waals surface area (Å²) in [6.07, 6.45) is 2.92. The van der Waals surface area contributed by atoms with Crippen molar-refractivity contribution in [2.24, 2.45) is 0 Å². The third-order valence-corrected chi connectivity index (χ3v) is 3.27. The summed E-state index contributed by atoms with van der Waals surface area (Å²) in [6.45, 7) is 10.1. The van der Waals surface area contributed by atoms with Crippen molar-refractivity contribution in [2.45, 2.75) is 26.2 Å². The molecule has 0 spiro atoms. The van der Waals surface area contributed by atoms with Crippen LogP contribution in [0.25, 0.3) is 0 Å². The van der Waals surface area contributed by atoms with E-state index >= 15 is 0 Å². The molecule has 94 valence electrons. The van der Waals surface area contributed by atoms with Crippen molar-refractivity contribution in [2.75, 3.05) is 20.1 Å². The van der Waals surface area contributed by atoms with E-state index in [1.54, 1.807) is 6.20 Å². The van der Waals surface area contributed by atoms with Crippen LogP contribution in [0.2, 0.25) is 0 Å². The molecule has 1 aliphatic heterocycles. The zero-order chi connectivity index (χ0) is 12.7. The Morgan fingerprint density at radius 3 is 2.53 bits per heavy atom. The zero-order valence-corrected chi connectivity index (χ0v) is 11.2. The van der Waals surface area contributed by atoms with Crippen LogP contribution in [0.3, 0.4) is 0 Å². The molecule has 0 amide bonds. The Hall–Kier alpha value is -1.28. The second kappa shape index (κ2) is 7.13. The lowest BCUT2D eigenvalue weighted by Gasteiger charge is -2.10. The summed E-state index contributed by atoms with van der Waals surface area (Å²) in [7, 11) is 1.81. The molecule has 2 nitrogen and oxygen atoms in total. The first-order valence-corrected chi connectivity index (χ1v) is 6.25. The van der Waals surface area contributed by atoms with Gasteiger partial charge in [0, 0.05) is 13.6 Å². The summed E-state index contributed by atoms with van der Waals surface area (Å²) in [5.74, 6) is 0.749. The van der Waals surface area contributed by atoms with Gasteiger partial charge in [-0.15, -0.1) is 0 Å². The second-order valence-electron chi connectivity index (χ2n) is 4.53. The fourth-order valence-electron chi connectivity index (χ4n) is 1.96. The number of rotatable bonds is 2. The van der Waals surface area contributed by atoms with Crippen LogP contribution in [0.1, 0.15) is 29.0 Å². The standard InChI is InChI=1S/C12H17N.C3H7N/c1-9-3-4-11(7-10(9)2)12-5-6-13-8-12;1-3-4-2/h3-4,7,12-13H,5-6,8H2,1-2H3;3-4H,1H2,2H3. The molecule has 0 aliphatic carbocycles. The summed E-state index contributed by atoms with van der Waals surface area (Å²) in [5.41, 5.74) is 4.33. The maximum absolute atomic E-state index is 3.40. The Kier molecular flexibility index (Phi) is 5.78. The summed E-state index contributed by atoms with van der Waals surface area (Å²) in [6, 6.07) is 6.86. The van der Waals surface area contributed by atoms with Crippen LogP contribution >= 0.6 is 0 Å². The molecule has 1 heterocycles. The molecule has 1 aromatic carbocycles. The average molecular weight is 232 g/mol. The number of benzene rings is 1. The summed E-state index contributed by atoms with van der Waals surface area (Å²) in [5, 5.41) is 6.10. The van der Waals surface area contributed by atoms with Crippen LogP contribution in [-0.2, 0) is 0 Å². The molecule has 1 fully saturated rings. The van der Waals surface area contributed by atoms with E-state index in [9.17, 15) is 0 Å². The van der Waals surface area contributed by atoms with Crippen molar-refractivity contribution < 1.29 is 0 Å². The Morgan fingerprint density at radius 2 is 2.06 bits per heavy atom. The van der Waals surface area contributed by atoms with Gasteiger partial charge in [0.1, 0.15) is 0 Å². The molecule has 2 rings (SSSR count). The molecule has 1 unspecified atom stereocenters. The van der Waals surface area contributed by atoms with Gasteiger partial charge in [-0.3, -0.25) is 0 Å². The van der Waals surface area contributed by atoms with Crippen molar-refractivity contribution in [3.05, 3.63) is 47.7 Å². The van der Waals surface area contributed by atoms with Gasteiger partial charge < -0.3 is 10.6 Å². The van der Waals surface area contributed by atoms with E-state index in [0.29, 0.717) is 0 Å². The number of aryl methyl sites for hydroxylation is 2. The molecule has 1 atom stereocenters. The molecule has 0 bridgehead atoms. The van der Waals surface area contributed by atoms with E-state index in [-0.39, 0.29) is 0 Å². The molecule has 1 aromatic rings. The minimum atomic E-state index is 0.749. The molecular weight excluding hydrogens is 208 g/mol. The lowest BCUT2D eigenvalue weighted by atomic mass is 9.95. The van der Waals surface area contributed by atoms with Gasteiger partial charge in [0.25, 0.3) is 0 Å². The molecule has 1 aliphatic rings. The topological polar surface area (TPSA) is 24.1 Å². The van der Waals surface area contributed by atoms with Crippen molar-refractivity contribution in [3.8, 4) is 0 Å². The first kappa shape index (κ1) is 13.8. The van der Waals surface area contributed by atoms with Crippen molar-refractivity contribution in [1.29, 1.82) is 0 Å². The molecule has 0 radical (unpaired) electrons. The van der Waals surface area contributed by atoms with Gasteiger partial charge in [0.2, 0.25) is 0 Å². The molecule has 2 heteroatoms. The zero-order valence-electron chi connectivity index (χ0n) is 11.2. The minimum Gasteiger partial charge on any atom is -0.394 e. The highest BCUT2D eigenvalue weighted by molar-refractivity contribution is 5.32. The molecule has 0 saturated carbocycles. The van der Waals surface area contributed by atoms with Crippen LogP contribution < -0.4 is 10.6 Å². The van der Waals surface area contributed by atoms with Crippen LogP contribution in [0.4, 0.5) is 0 Å². The molecule has 2 N–H and O–H groups in total. The van der Waals surface area contributed by atoms with Gasteiger partial charge in [-0.05, 0) is 55.6 Å². The number of hydrogen-bond acceptors (Lipinski definition) is 2. The quantitative estimate of drug-likeness (QED) is 0.819. The highest BCUT2D eigenvalue weighted by Crippen LogP contribution is 2.23. The highest BCUT2D eigenvalue weighted by Gasteiger charge is 2.16. The Morgan fingerprint density at radius 1 is 1.35 bits per heavy atom.